The number of aryl methyl sites for hydroxylation is 2. The first kappa shape index (κ1) is 12.4. The lowest BCUT2D eigenvalue weighted by Gasteiger charge is -2.19. The molecule has 18 heavy (non-hydrogen) atoms. The summed E-state index contributed by atoms with van der Waals surface area (Å²) in [5, 5.41) is 0. The molecule has 2 heteroatoms. The molecular weight excluding hydrogens is 240 g/mol. The highest BCUT2D eigenvalue weighted by Crippen LogP contribution is 2.33. The molecule has 0 radical (unpaired) electrons. The number of rotatable bonds is 2. The van der Waals surface area contributed by atoms with Crippen LogP contribution in [-0.4, -0.2) is 5.78 Å². The normalized spacial score (nSPS) is 21.3. The molecule has 3 rings (SSSR count). The Balaban J connectivity index is 1.77. The third-order valence-electron chi connectivity index (χ3n) is 4.47. The minimum atomic E-state index is 0.334. The second kappa shape index (κ2) is 5.56. The molecule has 0 saturated heterocycles. The van der Waals surface area contributed by atoms with Crippen molar-refractivity contribution in [2.75, 3.05) is 0 Å². The summed E-state index contributed by atoms with van der Waals surface area (Å²) >= 11 is 1.80. The monoisotopic (exact) mass is 262 g/mol. The molecule has 0 amide bonds. The van der Waals surface area contributed by atoms with Crippen molar-refractivity contribution in [3.05, 3.63) is 21.4 Å². The Morgan fingerprint density at radius 3 is 2.56 bits per heavy atom. The summed E-state index contributed by atoms with van der Waals surface area (Å²) in [7, 11) is 0. The van der Waals surface area contributed by atoms with Gasteiger partial charge in [0, 0.05) is 10.8 Å². The molecule has 0 spiro atoms. The summed E-state index contributed by atoms with van der Waals surface area (Å²) in [5.74, 6) is 0.786. The summed E-state index contributed by atoms with van der Waals surface area (Å²) in [6.45, 7) is 0. The fraction of sp³-hybridized carbons (Fsp3) is 0.688. The molecule has 2 aliphatic carbocycles. The molecule has 1 fully saturated rings. The Kier molecular flexibility index (Phi) is 3.83. The topological polar surface area (TPSA) is 17.1 Å². The molecule has 1 aromatic heterocycles. The smallest absolute Gasteiger partial charge is 0.175 e. The van der Waals surface area contributed by atoms with E-state index in [0.717, 1.165) is 17.7 Å². The van der Waals surface area contributed by atoms with Crippen LogP contribution in [0.5, 0.6) is 0 Å². The summed E-state index contributed by atoms with van der Waals surface area (Å²) in [4.78, 5) is 15.1. The lowest BCUT2D eigenvalue weighted by Crippen LogP contribution is -2.16. The number of thiophene rings is 1. The van der Waals surface area contributed by atoms with Crippen molar-refractivity contribution in [1.29, 1.82) is 0 Å². The van der Waals surface area contributed by atoms with E-state index in [4.69, 9.17) is 0 Å². The molecular formula is C16H22OS. The summed E-state index contributed by atoms with van der Waals surface area (Å²) in [6.07, 6.45) is 12.5. The largest absolute Gasteiger partial charge is 0.293 e. The quantitative estimate of drug-likeness (QED) is 0.553. The van der Waals surface area contributed by atoms with Crippen molar-refractivity contribution in [2.45, 2.75) is 64.2 Å². The first-order valence-corrected chi connectivity index (χ1v) is 8.32. The van der Waals surface area contributed by atoms with Crippen LogP contribution in [-0.2, 0) is 12.8 Å². The number of hydrogen-bond donors (Lipinski definition) is 0. The second-order valence-electron chi connectivity index (χ2n) is 5.82. The minimum Gasteiger partial charge on any atom is -0.293 e. The highest BCUT2D eigenvalue weighted by atomic mass is 32.1. The predicted octanol–water partition coefficient (Wildman–Crippen LogP) is 4.78. The van der Waals surface area contributed by atoms with Gasteiger partial charge in [0.15, 0.2) is 5.78 Å². The zero-order chi connectivity index (χ0) is 12.4. The molecule has 0 unspecified atom stereocenters. The second-order valence-corrected chi connectivity index (χ2v) is 6.96. The van der Waals surface area contributed by atoms with Crippen molar-refractivity contribution in [1.82, 2.24) is 0 Å². The third kappa shape index (κ3) is 2.54. The fourth-order valence-electron chi connectivity index (χ4n) is 3.35. The van der Waals surface area contributed by atoms with Gasteiger partial charge < -0.3 is 0 Å². The summed E-state index contributed by atoms with van der Waals surface area (Å²) in [5.41, 5.74) is 1.48. The van der Waals surface area contributed by atoms with Crippen molar-refractivity contribution in [3.63, 3.8) is 0 Å². The van der Waals surface area contributed by atoms with Crippen LogP contribution in [0.2, 0.25) is 0 Å². The van der Waals surface area contributed by atoms with E-state index in [0.29, 0.717) is 11.7 Å². The number of hydrogen-bond acceptors (Lipinski definition) is 2. The molecule has 1 aromatic rings. The molecule has 2 aliphatic rings. The predicted molar refractivity (Wildman–Crippen MR) is 76.5 cm³/mol. The van der Waals surface area contributed by atoms with Crippen LogP contribution in [0.4, 0.5) is 0 Å². The van der Waals surface area contributed by atoms with Crippen molar-refractivity contribution >= 4 is 17.1 Å². The Hall–Kier alpha value is -0.630. The molecule has 1 heterocycles. The first-order valence-electron chi connectivity index (χ1n) is 7.50. The molecule has 0 atom stereocenters. The summed E-state index contributed by atoms with van der Waals surface area (Å²) < 4.78 is 0. The van der Waals surface area contributed by atoms with E-state index in [1.54, 1.807) is 11.3 Å². The zero-order valence-corrected chi connectivity index (χ0v) is 11.9. The highest BCUT2D eigenvalue weighted by Gasteiger charge is 2.25. The molecule has 0 bridgehead atoms. The van der Waals surface area contributed by atoms with Gasteiger partial charge in [-0.2, -0.15) is 0 Å². The van der Waals surface area contributed by atoms with Gasteiger partial charge in [0.2, 0.25) is 0 Å². The molecule has 0 N–H and O–H groups in total. The number of fused-ring (bicyclic) bond motifs is 1. The van der Waals surface area contributed by atoms with Gasteiger partial charge in [0.05, 0.1) is 4.88 Å². The number of carbonyl (C=O) groups is 1. The Morgan fingerprint density at radius 1 is 1.00 bits per heavy atom. The molecule has 0 aliphatic heterocycles. The average Bonchev–Trinajstić information content (AvgIpc) is 2.70. The molecule has 1 nitrogen and oxygen atoms in total. The van der Waals surface area contributed by atoms with Crippen LogP contribution in [0.15, 0.2) is 6.07 Å². The number of carbonyl (C=O) groups excluding carboxylic acids is 1. The Labute approximate surface area is 114 Å². The van der Waals surface area contributed by atoms with Crippen molar-refractivity contribution in [2.24, 2.45) is 5.92 Å². The molecule has 1 saturated carbocycles. The van der Waals surface area contributed by atoms with E-state index in [2.05, 4.69) is 6.07 Å². The number of ketones is 1. The molecule has 98 valence electrons. The maximum atomic E-state index is 12.5. The van der Waals surface area contributed by atoms with Crippen molar-refractivity contribution < 1.29 is 4.79 Å². The maximum Gasteiger partial charge on any atom is 0.175 e. The van der Waals surface area contributed by atoms with Crippen LogP contribution < -0.4 is 0 Å². The van der Waals surface area contributed by atoms with Gasteiger partial charge >= 0.3 is 0 Å². The van der Waals surface area contributed by atoms with E-state index in [-0.39, 0.29) is 0 Å². The van der Waals surface area contributed by atoms with E-state index < -0.39 is 0 Å². The SMILES string of the molecule is O=C(c1cc2c(s1)CCCCC2)C1CCCCC1. The highest BCUT2D eigenvalue weighted by molar-refractivity contribution is 7.14. The number of Topliss-reactive ketones (excluding diaryl/α,β-unsaturated/α-hetero) is 1. The van der Waals surface area contributed by atoms with E-state index in [9.17, 15) is 4.79 Å². The Bertz CT molecular complexity index is 403. The zero-order valence-electron chi connectivity index (χ0n) is 11.0. The Morgan fingerprint density at radius 2 is 1.72 bits per heavy atom. The molecule has 0 aromatic carbocycles. The van der Waals surface area contributed by atoms with Gasteiger partial charge in [-0.1, -0.05) is 25.7 Å². The third-order valence-corrected chi connectivity index (χ3v) is 5.72. The van der Waals surface area contributed by atoms with Crippen LogP contribution >= 0.6 is 11.3 Å². The van der Waals surface area contributed by atoms with Crippen LogP contribution in [0.3, 0.4) is 0 Å². The van der Waals surface area contributed by atoms with Gasteiger partial charge in [0.1, 0.15) is 0 Å². The fourth-order valence-corrected chi connectivity index (χ4v) is 4.63. The van der Waals surface area contributed by atoms with Gasteiger partial charge in [-0.15, -0.1) is 11.3 Å². The first-order chi connectivity index (χ1) is 8.84. The standard InChI is InChI=1S/C16H22OS/c17-16(12-7-3-1-4-8-12)15-11-13-9-5-2-6-10-14(13)18-15/h11-12H,1-10H2. The minimum absolute atomic E-state index is 0.334. The lowest BCUT2D eigenvalue weighted by molar-refractivity contribution is 0.0894. The van der Waals surface area contributed by atoms with Gasteiger partial charge in [-0.25, -0.2) is 0 Å². The maximum absolute atomic E-state index is 12.5. The van der Waals surface area contributed by atoms with Gasteiger partial charge in [0.25, 0.3) is 0 Å². The van der Waals surface area contributed by atoms with Crippen molar-refractivity contribution in [3.8, 4) is 0 Å². The van der Waals surface area contributed by atoms with Crippen LogP contribution in [0, 0.1) is 5.92 Å². The van der Waals surface area contributed by atoms with Gasteiger partial charge in [-0.05, 0) is 50.2 Å². The summed E-state index contributed by atoms with van der Waals surface area (Å²) in [6, 6.07) is 2.22. The van der Waals surface area contributed by atoms with Crippen LogP contribution in [0.1, 0.15) is 71.5 Å². The average molecular weight is 262 g/mol. The van der Waals surface area contributed by atoms with E-state index >= 15 is 0 Å². The lowest BCUT2D eigenvalue weighted by atomic mass is 9.85. The van der Waals surface area contributed by atoms with E-state index in [1.165, 1.54) is 61.8 Å². The van der Waals surface area contributed by atoms with Crippen LogP contribution in [0.25, 0.3) is 0 Å². The van der Waals surface area contributed by atoms with Gasteiger partial charge in [-0.3, -0.25) is 4.79 Å². The van der Waals surface area contributed by atoms with E-state index in [1.807, 2.05) is 0 Å².